The molecule has 0 radical (unpaired) electrons. The van der Waals surface area contributed by atoms with Gasteiger partial charge in [0.05, 0.1) is 16.6 Å². The molecular weight excluding hydrogens is 368 g/mol. The highest BCUT2D eigenvalue weighted by Gasteiger charge is 2.38. The van der Waals surface area contributed by atoms with E-state index in [9.17, 15) is 14.7 Å². The number of carbonyl (C=O) groups excluding carboxylic acids is 1. The molecule has 2 aliphatic rings. The van der Waals surface area contributed by atoms with Crippen molar-refractivity contribution in [2.75, 3.05) is 6.54 Å². The molecule has 7 nitrogen and oxygen atoms in total. The van der Waals surface area contributed by atoms with E-state index < -0.39 is 11.9 Å². The first kappa shape index (κ1) is 18.0. The first-order valence-corrected chi connectivity index (χ1v) is 9.60. The summed E-state index contributed by atoms with van der Waals surface area (Å²) in [5, 5.41) is 14.4. The summed E-state index contributed by atoms with van der Waals surface area (Å²) >= 11 is 6.32. The lowest BCUT2D eigenvalue weighted by Gasteiger charge is -2.36. The van der Waals surface area contributed by atoms with Crippen molar-refractivity contribution in [3.63, 3.8) is 0 Å². The Hall–Kier alpha value is -2.41. The molecule has 27 heavy (non-hydrogen) atoms. The number of rotatable bonds is 4. The van der Waals surface area contributed by atoms with E-state index in [4.69, 9.17) is 11.6 Å². The van der Waals surface area contributed by atoms with Gasteiger partial charge in [-0.25, -0.2) is 9.67 Å². The van der Waals surface area contributed by atoms with Crippen LogP contribution in [0.2, 0.25) is 5.02 Å². The van der Waals surface area contributed by atoms with Crippen LogP contribution >= 0.6 is 11.6 Å². The van der Waals surface area contributed by atoms with Crippen molar-refractivity contribution in [2.45, 2.75) is 44.6 Å². The second-order valence-corrected chi connectivity index (χ2v) is 7.66. The number of benzene rings is 1. The third-order valence-corrected chi connectivity index (χ3v) is 5.73. The molecule has 0 unspecified atom stereocenters. The number of piperidine rings is 1. The summed E-state index contributed by atoms with van der Waals surface area (Å²) in [6, 6.07) is 6.95. The summed E-state index contributed by atoms with van der Waals surface area (Å²) in [4.78, 5) is 30.6. The Kier molecular flexibility index (Phi) is 4.63. The smallest absolute Gasteiger partial charge is 0.308 e. The van der Waals surface area contributed by atoms with E-state index in [0.717, 1.165) is 18.7 Å². The Labute approximate surface area is 161 Å². The number of carboxylic acid groups (broad SMARTS) is 1. The van der Waals surface area contributed by atoms with Crippen LogP contribution in [0.1, 0.15) is 55.0 Å². The number of aliphatic carboxylic acids is 1. The number of halogens is 1. The molecule has 2 atom stereocenters. The monoisotopic (exact) mass is 388 g/mol. The molecular formula is C19H21ClN4O3. The van der Waals surface area contributed by atoms with Gasteiger partial charge in [0.25, 0.3) is 5.91 Å². The van der Waals surface area contributed by atoms with Crippen LogP contribution in [0.25, 0.3) is 5.69 Å². The van der Waals surface area contributed by atoms with Crippen LogP contribution in [0.15, 0.2) is 24.3 Å². The third kappa shape index (κ3) is 3.32. The van der Waals surface area contributed by atoms with Gasteiger partial charge in [-0.2, -0.15) is 0 Å². The number of hydrogen-bond acceptors (Lipinski definition) is 4. The van der Waals surface area contributed by atoms with Crippen molar-refractivity contribution < 1.29 is 14.7 Å². The Balaban J connectivity index is 1.68. The van der Waals surface area contributed by atoms with Gasteiger partial charge in [-0.3, -0.25) is 9.59 Å². The van der Waals surface area contributed by atoms with E-state index in [1.807, 2.05) is 18.2 Å². The normalized spacial score (nSPS) is 22.7. The summed E-state index contributed by atoms with van der Waals surface area (Å²) in [7, 11) is 0. The van der Waals surface area contributed by atoms with Gasteiger partial charge in [-0.1, -0.05) is 23.7 Å². The minimum atomic E-state index is -0.867. The summed E-state index contributed by atoms with van der Waals surface area (Å²) in [5.74, 6) is -0.618. The maximum atomic E-state index is 13.1. The minimum Gasteiger partial charge on any atom is -0.481 e. The molecule has 142 valence electrons. The van der Waals surface area contributed by atoms with Gasteiger partial charge in [0, 0.05) is 18.5 Å². The maximum Gasteiger partial charge on any atom is 0.308 e. The Morgan fingerprint density at radius 3 is 2.63 bits per heavy atom. The molecule has 2 heterocycles. The molecule has 4 rings (SSSR count). The molecule has 1 saturated carbocycles. The Morgan fingerprint density at radius 1 is 1.22 bits per heavy atom. The molecule has 1 amide bonds. The average Bonchev–Trinajstić information content (AvgIpc) is 3.40. The van der Waals surface area contributed by atoms with Gasteiger partial charge in [0.1, 0.15) is 5.82 Å². The number of aromatic nitrogens is 3. The number of carbonyl (C=O) groups is 2. The molecule has 8 heteroatoms. The lowest BCUT2D eigenvalue weighted by Crippen LogP contribution is -2.49. The lowest BCUT2D eigenvalue weighted by atomic mass is 9.90. The van der Waals surface area contributed by atoms with E-state index in [2.05, 4.69) is 10.1 Å². The first-order chi connectivity index (χ1) is 13.0. The van der Waals surface area contributed by atoms with E-state index in [0.29, 0.717) is 30.1 Å². The van der Waals surface area contributed by atoms with Gasteiger partial charge in [0.15, 0.2) is 0 Å². The molecule has 1 aromatic carbocycles. The van der Waals surface area contributed by atoms with Crippen molar-refractivity contribution >= 4 is 23.5 Å². The highest BCUT2D eigenvalue weighted by atomic mass is 35.5. The highest BCUT2D eigenvalue weighted by Crippen LogP contribution is 2.40. The standard InChI is InChI=1S/C19H21ClN4O3/c1-11-13(19(26)27)5-4-10-23(11)18(25)16-21-17(12-8-9-12)24(22-16)15-7-3-2-6-14(15)20/h2-3,6-7,11-13H,4-5,8-10H2,1H3,(H,26,27)/t11-,13-/m1/s1. The van der Waals surface area contributed by atoms with Crippen molar-refractivity contribution in [3.05, 3.63) is 40.9 Å². The predicted octanol–water partition coefficient (Wildman–Crippen LogP) is 3.12. The number of para-hydroxylation sites is 1. The Bertz CT molecular complexity index is 893. The van der Waals surface area contributed by atoms with Crippen LogP contribution in [0, 0.1) is 5.92 Å². The van der Waals surface area contributed by atoms with E-state index >= 15 is 0 Å². The second kappa shape index (κ2) is 6.96. The van der Waals surface area contributed by atoms with E-state index in [1.165, 1.54) is 0 Å². The molecule has 0 spiro atoms. The molecule has 2 fully saturated rings. The topological polar surface area (TPSA) is 88.3 Å². The molecule has 1 aliphatic heterocycles. The quantitative estimate of drug-likeness (QED) is 0.869. The van der Waals surface area contributed by atoms with Crippen LogP contribution in [0.5, 0.6) is 0 Å². The highest BCUT2D eigenvalue weighted by molar-refractivity contribution is 6.32. The summed E-state index contributed by atoms with van der Waals surface area (Å²) < 4.78 is 1.66. The third-order valence-electron chi connectivity index (χ3n) is 5.41. The first-order valence-electron chi connectivity index (χ1n) is 9.23. The molecule has 0 bridgehead atoms. The molecule has 1 aromatic heterocycles. The predicted molar refractivity (Wildman–Crippen MR) is 99.2 cm³/mol. The van der Waals surface area contributed by atoms with Crippen LogP contribution in [0.3, 0.4) is 0 Å². The van der Waals surface area contributed by atoms with Gasteiger partial charge in [-0.15, -0.1) is 5.10 Å². The second-order valence-electron chi connectivity index (χ2n) is 7.26. The molecule has 1 N–H and O–H groups in total. The van der Waals surface area contributed by atoms with Crippen LogP contribution in [-0.2, 0) is 4.79 Å². The maximum absolute atomic E-state index is 13.1. The fourth-order valence-electron chi connectivity index (χ4n) is 3.71. The van der Waals surface area contributed by atoms with Crippen molar-refractivity contribution in [2.24, 2.45) is 5.92 Å². The summed E-state index contributed by atoms with van der Waals surface area (Å²) in [6.45, 7) is 2.30. The minimum absolute atomic E-state index is 0.106. The molecule has 2 aromatic rings. The summed E-state index contributed by atoms with van der Waals surface area (Å²) in [6.07, 6.45) is 3.26. The average molecular weight is 389 g/mol. The zero-order valence-electron chi connectivity index (χ0n) is 15.0. The zero-order chi connectivity index (χ0) is 19.1. The molecule has 1 saturated heterocycles. The number of carboxylic acids is 1. The Morgan fingerprint density at radius 2 is 1.96 bits per heavy atom. The van der Waals surface area contributed by atoms with E-state index in [1.54, 1.807) is 22.6 Å². The number of likely N-dealkylation sites (tertiary alicyclic amines) is 1. The van der Waals surface area contributed by atoms with Gasteiger partial charge in [-0.05, 0) is 44.7 Å². The van der Waals surface area contributed by atoms with Gasteiger partial charge < -0.3 is 10.0 Å². The van der Waals surface area contributed by atoms with Crippen LogP contribution in [-0.4, -0.2) is 49.2 Å². The van der Waals surface area contributed by atoms with E-state index in [-0.39, 0.29) is 23.7 Å². The number of hydrogen-bond donors (Lipinski definition) is 1. The zero-order valence-corrected chi connectivity index (χ0v) is 15.8. The van der Waals surface area contributed by atoms with Crippen LogP contribution < -0.4 is 0 Å². The van der Waals surface area contributed by atoms with Gasteiger partial charge in [0.2, 0.25) is 5.82 Å². The largest absolute Gasteiger partial charge is 0.481 e. The lowest BCUT2D eigenvalue weighted by molar-refractivity contribution is -0.145. The SMILES string of the molecule is C[C@@H]1[C@H](C(=O)O)CCCN1C(=O)c1nc(C2CC2)n(-c2ccccc2Cl)n1. The fourth-order valence-corrected chi connectivity index (χ4v) is 3.93. The number of amides is 1. The van der Waals surface area contributed by atoms with Crippen molar-refractivity contribution in [1.82, 2.24) is 19.7 Å². The summed E-state index contributed by atoms with van der Waals surface area (Å²) in [5.41, 5.74) is 0.697. The molecule has 1 aliphatic carbocycles. The van der Waals surface area contributed by atoms with Crippen LogP contribution in [0.4, 0.5) is 0 Å². The van der Waals surface area contributed by atoms with Gasteiger partial charge >= 0.3 is 5.97 Å². The fraction of sp³-hybridized carbons (Fsp3) is 0.474. The van der Waals surface area contributed by atoms with Crippen molar-refractivity contribution in [3.8, 4) is 5.69 Å². The number of nitrogens with zero attached hydrogens (tertiary/aromatic N) is 4. The van der Waals surface area contributed by atoms with Crippen molar-refractivity contribution in [1.29, 1.82) is 0 Å².